The van der Waals surface area contributed by atoms with Crippen LogP contribution in [0.3, 0.4) is 0 Å². The van der Waals surface area contributed by atoms with Crippen molar-refractivity contribution in [1.82, 2.24) is 10.2 Å². The maximum absolute atomic E-state index is 11.0. The van der Waals surface area contributed by atoms with Crippen LogP contribution in [0.5, 0.6) is 0 Å². The third kappa shape index (κ3) is 2.71. The van der Waals surface area contributed by atoms with Gasteiger partial charge in [0.05, 0.1) is 0 Å². The molecule has 14 heavy (non-hydrogen) atoms. The van der Waals surface area contributed by atoms with E-state index in [1.54, 1.807) is 0 Å². The maximum Gasteiger partial charge on any atom is 0.220 e. The fraction of sp³-hybridized carbons (Fsp3) is 0.909. The topological polar surface area (TPSA) is 32.3 Å². The van der Waals surface area contributed by atoms with Crippen molar-refractivity contribution in [2.45, 2.75) is 44.6 Å². The van der Waals surface area contributed by atoms with E-state index in [4.69, 9.17) is 0 Å². The summed E-state index contributed by atoms with van der Waals surface area (Å²) in [5.41, 5.74) is 0. The molecule has 1 N–H and O–H groups in total. The fourth-order valence-corrected chi connectivity index (χ4v) is 2.44. The quantitative estimate of drug-likeness (QED) is 0.718. The Morgan fingerprint density at radius 3 is 2.50 bits per heavy atom. The van der Waals surface area contributed by atoms with Crippen LogP contribution >= 0.6 is 0 Å². The molecule has 2 aliphatic rings. The van der Waals surface area contributed by atoms with E-state index in [9.17, 15) is 4.79 Å². The van der Waals surface area contributed by atoms with E-state index in [1.165, 1.54) is 38.8 Å². The van der Waals surface area contributed by atoms with Crippen LogP contribution in [-0.2, 0) is 4.79 Å². The van der Waals surface area contributed by atoms with Crippen molar-refractivity contribution in [3.05, 3.63) is 0 Å². The van der Waals surface area contributed by atoms with Crippen LogP contribution in [0.2, 0.25) is 0 Å². The zero-order chi connectivity index (χ0) is 9.80. The molecule has 0 aromatic heterocycles. The van der Waals surface area contributed by atoms with Crippen molar-refractivity contribution in [2.24, 2.45) is 0 Å². The van der Waals surface area contributed by atoms with Gasteiger partial charge in [0, 0.05) is 19.0 Å². The first-order chi connectivity index (χ1) is 6.84. The normalized spacial score (nSPS) is 30.0. The molecule has 0 spiro atoms. The Morgan fingerprint density at radius 1 is 1.21 bits per heavy atom. The van der Waals surface area contributed by atoms with Crippen molar-refractivity contribution < 1.29 is 4.79 Å². The minimum absolute atomic E-state index is 0.241. The van der Waals surface area contributed by atoms with Gasteiger partial charge in [0.25, 0.3) is 0 Å². The minimum atomic E-state index is 0.241. The van der Waals surface area contributed by atoms with Gasteiger partial charge in [0.1, 0.15) is 0 Å². The summed E-state index contributed by atoms with van der Waals surface area (Å²) in [6.45, 7) is 3.53. The molecule has 80 valence electrons. The van der Waals surface area contributed by atoms with Crippen molar-refractivity contribution >= 4 is 5.91 Å². The van der Waals surface area contributed by atoms with Gasteiger partial charge < -0.3 is 10.2 Å². The Balaban J connectivity index is 1.75. The van der Waals surface area contributed by atoms with Crippen molar-refractivity contribution in [2.75, 3.05) is 19.6 Å². The average Bonchev–Trinajstić information content (AvgIpc) is 2.43. The molecule has 3 nitrogen and oxygen atoms in total. The van der Waals surface area contributed by atoms with Gasteiger partial charge in [-0.2, -0.15) is 0 Å². The zero-order valence-electron chi connectivity index (χ0n) is 8.80. The monoisotopic (exact) mass is 196 g/mol. The van der Waals surface area contributed by atoms with E-state index in [1.807, 2.05) is 0 Å². The summed E-state index contributed by atoms with van der Waals surface area (Å²) in [6.07, 6.45) is 7.20. The molecule has 0 bridgehead atoms. The first-order valence-electron chi connectivity index (χ1n) is 5.86. The number of nitrogens with zero attached hydrogens (tertiary/aromatic N) is 1. The summed E-state index contributed by atoms with van der Waals surface area (Å²) in [5, 5.41) is 3.04. The summed E-state index contributed by atoms with van der Waals surface area (Å²) in [4.78, 5) is 13.6. The van der Waals surface area contributed by atoms with E-state index < -0.39 is 0 Å². The second-order valence-electron chi connectivity index (χ2n) is 4.52. The second kappa shape index (κ2) is 4.78. The predicted molar refractivity (Wildman–Crippen MR) is 56.1 cm³/mol. The van der Waals surface area contributed by atoms with Gasteiger partial charge in [-0.25, -0.2) is 0 Å². The lowest BCUT2D eigenvalue weighted by Crippen LogP contribution is -2.39. The molecule has 0 aromatic rings. The maximum atomic E-state index is 11.0. The van der Waals surface area contributed by atoms with E-state index in [0.29, 0.717) is 6.04 Å². The Labute approximate surface area is 85.8 Å². The van der Waals surface area contributed by atoms with Crippen LogP contribution in [0.15, 0.2) is 0 Å². The van der Waals surface area contributed by atoms with E-state index in [2.05, 4.69) is 10.2 Å². The van der Waals surface area contributed by atoms with Gasteiger partial charge in [-0.05, 0) is 32.4 Å². The highest BCUT2D eigenvalue weighted by Crippen LogP contribution is 2.13. The number of rotatable bonds is 2. The van der Waals surface area contributed by atoms with Gasteiger partial charge in [0.2, 0.25) is 5.91 Å². The lowest BCUT2D eigenvalue weighted by Gasteiger charge is -2.23. The molecule has 0 aromatic carbocycles. The lowest BCUT2D eigenvalue weighted by molar-refractivity contribution is -0.119. The predicted octanol–water partition coefficient (Wildman–Crippen LogP) is 1.14. The van der Waals surface area contributed by atoms with Crippen molar-refractivity contribution in [3.63, 3.8) is 0 Å². The van der Waals surface area contributed by atoms with Crippen LogP contribution < -0.4 is 5.32 Å². The molecule has 2 saturated heterocycles. The summed E-state index contributed by atoms with van der Waals surface area (Å²) in [5.74, 6) is 0.241. The van der Waals surface area contributed by atoms with Crippen LogP contribution in [0, 0.1) is 0 Å². The molecule has 1 unspecified atom stereocenters. The number of hydrogen-bond acceptors (Lipinski definition) is 2. The number of amides is 1. The van der Waals surface area contributed by atoms with Crippen molar-refractivity contribution in [3.8, 4) is 0 Å². The van der Waals surface area contributed by atoms with Gasteiger partial charge >= 0.3 is 0 Å². The van der Waals surface area contributed by atoms with Gasteiger partial charge in [0.15, 0.2) is 0 Å². The fourth-order valence-electron chi connectivity index (χ4n) is 2.44. The second-order valence-corrected chi connectivity index (χ2v) is 4.52. The van der Waals surface area contributed by atoms with Gasteiger partial charge in [-0.3, -0.25) is 4.79 Å². The van der Waals surface area contributed by atoms with Gasteiger partial charge in [-0.1, -0.05) is 12.8 Å². The van der Waals surface area contributed by atoms with Crippen molar-refractivity contribution in [1.29, 1.82) is 0 Å². The lowest BCUT2D eigenvalue weighted by atomic mass is 10.2. The molecule has 1 amide bonds. The molecule has 2 fully saturated rings. The van der Waals surface area contributed by atoms with Crippen LogP contribution in [0.1, 0.15) is 38.5 Å². The molecule has 2 heterocycles. The summed E-state index contributed by atoms with van der Waals surface area (Å²) in [7, 11) is 0. The number of hydrogen-bond donors (Lipinski definition) is 1. The number of carbonyl (C=O) groups is 1. The van der Waals surface area contributed by atoms with Crippen LogP contribution in [0.4, 0.5) is 0 Å². The molecular weight excluding hydrogens is 176 g/mol. The number of carbonyl (C=O) groups excluding carboxylic acids is 1. The van der Waals surface area contributed by atoms with E-state index in [-0.39, 0.29) is 5.91 Å². The average molecular weight is 196 g/mol. The molecule has 0 aliphatic carbocycles. The number of likely N-dealkylation sites (tertiary alicyclic amines) is 1. The third-order valence-electron chi connectivity index (χ3n) is 3.26. The molecule has 0 saturated carbocycles. The summed E-state index contributed by atoms with van der Waals surface area (Å²) in [6, 6.07) is 0.431. The Bertz CT molecular complexity index is 197. The first kappa shape index (κ1) is 9.97. The highest BCUT2D eigenvalue weighted by Gasteiger charge is 2.23. The van der Waals surface area contributed by atoms with Gasteiger partial charge in [-0.15, -0.1) is 0 Å². The zero-order valence-corrected chi connectivity index (χ0v) is 8.80. The van der Waals surface area contributed by atoms with E-state index >= 15 is 0 Å². The SMILES string of the molecule is O=C1CCC(CN2CCCCCC2)N1. The Morgan fingerprint density at radius 2 is 1.93 bits per heavy atom. The summed E-state index contributed by atoms with van der Waals surface area (Å²) >= 11 is 0. The van der Waals surface area contributed by atoms with Crippen LogP contribution in [-0.4, -0.2) is 36.5 Å². The number of nitrogens with one attached hydrogen (secondary N) is 1. The highest BCUT2D eigenvalue weighted by molar-refractivity contribution is 5.78. The standard InChI is InChI=1S/C11H20N2O/c14-11-6-5-10(12-11)9-13-7-3-1-2-4-8-13/h10H,1-9H2,(H,12,14). The molecule has 2 rings (SSSR count). The molecular formula is C11H20N2O. The highest BCUT2D eigenvalue weighted by atomic mass is 16.1. The van der Waals surface area contributed by atoms with Crippen LogP contribution in [0.25, 0.3) is 0 Å². The molecule has 3 heteroatoms. The minimum Gasteiger partial charge on any atom is -0.352 e. The Hall–Kier alpha value is -0.570. The molecule has 0 radical (unpaired) electrons. The molecule has 2 aliphatic heterocycles. The third-order valence-corrected chi connectivity index (χ3v) is 3.26. The first-order valence-corrected chi connectivity index (χ1v) is 5.86. The Kier molecular flexibility index (Phi) is 3.40. The largest absolute Gasteiger partial charge is 0.352 e. The van der Waals surface area contributed by atoms with E-state index in [0.717, 1.165) is 19.4 Å². The summed E-state index contributed by atoms with van der Waals surface area (Å²) < 4.78 is 0. The smallest absolute Gasteiger partial charge is 0.220 e. The molecule has 1 atom stereocenters.